The molecule has 0 aromatic heterocycles. The summed E-state index contributed by atoms with van der Waals surface area (Å²) >= 11 is 0. The van der Waals surface area contributed by atoms with E-state index in [1.165, 1.54) is 13.0 Å². The first-order chi connectivity index (χ1) is 6.63. The molecule has 4 nitrogen and oxygen atoms in total. The zero-order valence-corrected chi connectivity index (χ0v) is 8.50. The third kappa shape index (κ3) is 2.87. The fraction of sp³-hybridized carbons (Fsp3) is 0.600. The highest BCUT2D eigenvalue weighted by Crippen LogP contribution is 2.15. The lowest BCUT2D eigenvalue weighted by Gasteiger charge is -2.04. The lowest BCUT2D eigenvalue weighted by atomic mass is 10.1. The molecule has 1 saturated heterocycles. The van der Waals surface area contributed by atoms with E-state index >= 15 is 0 Å². The van der Waals surface area contributed by atoms with Crippen molar-refractivity contribution in [2.75, 3.05) is 0 Å². The average molecular weight is 197 g/mol. The van der Waals surface area contributed by atoms with Gasteiger partial charge in [0.15, 0.2) is 17.8 Å². The van der Waals surface area contributed by atoms with E-state index in [2.05, 4.69) is 12.2 Å². The normalized spacial score (nSPS) is 23.4. The minimum atomic E-state index is -0.416. The summed E-state index contributed by atoms with van der Waals surface area (Å²) in [5.41, 5.74) is 0. The van der Waals surface area contributed by atoms with Gasteiger partial charge in [0.25, 0.3) is 5.91 Å². The van der Waals surface area contributed by atoms with Gasteiger partial charge >= 0.3 is 0 Å². The number of hydrogen-bond acceptors (Lipinski definition) is 3. The van der Waals surface area contributed by atoms with Gasteiger partial charge in [-0.15, -0.1) is 0 Å². The zero-order chi connectivity index (χ0) is 10.6. The molecule has 1 aliphatic heterocycles. The standard InChI is InChI=1S/C10H15NO3/c1-3-4-5-8-10(13)11-9(14-8)6-7(2)12/h6,8H,3-5H2,1-2H3,(H,11,13)/b9-6+/t8-/m0/s1. The van der Waals surface area contributed by atoms with Crippen LogP contribution in [-0.2, 0) is 14.3 Å². The van der Waals surface area contributed by atoms with Gasteiger partial charge in [0.1, 0.15) is 0 Å². The molecule has 0 bridgehead atoms. The molecule has 4 heteroatoms. The number of carbonyl (C=O) groups excluding carboxylic acids is 2. The number of carbonyl (C=O) groups is 2. The molecule has 0 saturated carbocycles. The molecule has 14 heavy (non-hydrogen) atoms. The number of ketones is 1. The number of allylic oxidation sites excluding steroid dienone is 1. The molecule has 1 aliphatic rings. The molecule has 0 aromatic carbocycles. The smallest absolute Gasteiger partial charge is 0.267 e. The molecular formula is C10H15NO3. The molecule has 0 radical (unpaired) electrons. The minimum absolute atomic E-state index is 0.128. The van der Waals surface area contributed by atoms with Gasteiger partial charge < -0.3 is 4.74 Å². The number of nitrogens with one attached hydrogen (secondary N) is 1. The van der Waals surface area contributed by atoms with Gasteiger partial charge in [-0.25, -0.2) is 0 Å². The van der Waals surface area contributed by atoms with Crippen molar-refractivity contribution in [3.8, 4) is 0 Å². The van der Waals surface area contributed by atoms with E-state index in [0.29, 0.717) is 6.42 Å². The van der Waals surface area contributed by atoms with Crippen molar-refractivity contribution in [1.29, 1.82) is 0 Å². The van der Waals surface area contributed by atoms with Crippen molar-refractivity contribution < 1.29 is 14.3 Å². The Hall–Kier alpha value is -1.32. The SMILES string of the molecule is CCCC[C@@H]1O/C(=C/C(C)=O)NC1=O. The Kier molecular flexibility index (Phi) is 3.68. The monoisotopic (exact) mass is 197 g/mol. The summed E-state index contributed by atoms with van der Waals surface area (Å²) in [6, 6.07) is 0. The van der Waals surface area contributed by atoms with Crippen molar-refractivity contribution in [2.45, 2.75) is 39.2 Å². The maximum absolute atomic E-state index is 11.3. The quantitative estimate of drug-likeness (QED) is 0.687. The van der Waals surface area contributed by atoms with E-state index in [9.17, 15) is 9.59 Å². The molecule has 0 spiro atoms. The van der Waals surface area contributed by atoms with Crippen molar-refractivity contribution in [1.82, 2.24) is 5.32 Å². The van der Waals surface area contributed by atoms with E-state index in [0.717, 1.165) is 12.8 Å². The summed E-state index contributed by atoms with van der Waals surface area (Å²) in [6.45, 7) is 3.47. The van der Waals surface area contributed by atoms with Crippen LogP contribution in [0, 0.1) is 0 Å². The van der Waals surface area contributed by atoms with Crippen LogP contribution in [0.5, 0.6) is 0 Å². The molecule has 0 aliphatic carbocycles. The molecule has 0 aromatic rings. The first-order valence-corrected chi connectivity index (χ1v) is 4.83. The predicted octanol–water partition coefficient (Wildman–Crippen LogP) is 1.12. The van der Waals surface area contributed by atoms with Gasteiger partial charge in [0.2, 0.25) is 0 Å². The van der Waals surface area contributed by atoms with Crippen LogP contribution in [0.4, 0.5) is 0 Å². The van der Waals surface area contributed by atoms with Gasteiger partial charge in [0, 0.05) is 6.08 Å². The Morgan fingerprint density at radius 1 is 1.64 bits per heavy atom. The number of hydrogen-bond donors (Lipinski definition) is 1. The summed E-state index contributed by atoms with van der Waals surface area (Å²) in [5, 5.41) is 2.52. The second-order valence-electron chi connectivity index (χ2n) is 3.36. The summed E-state index contributed by atoms with van der Waals surface area (Å²) in [5.74, 6) is 0.00555. The highest BCUT2D eigenvalue weighted by molar-refractivity contribution is 5.90. The van der Waals surface area contributed by atoms with Gasteiger partial charge in [-0.05, 0) is 19.8 Å². The van der Waals surface area contributed by atoms with Crippen LogP contribution in [0.25, 0.3) is 0 Å². The van der Waals surface area contributed by atoms with Crippen molar-refractivity contribution >= 4 is 11.7 Å². The van der Waals surface area contributed by atoms with Crippen LogP contribution in [-0.4, -0.2) is 17.8 Å². The maximum Gasteiger partial charge on any atom is 0.267 e. The second-order valence-corrected chi connectivity index (χ2v) is 3.36. The minimum Gasteiger partial charge on any atom is -0.465 e. The number of amides is 1. The molecule has 0 unspecified atom stereocenters. The topological polar surface area (TPSA) is 55.4 Å². The molecule has 1 fully saturated rings. The summed E-state index contributed by atoms with van der Waals surface area (Å²) in [6.07, 6.45) is 3.56. The van der Waals surface area contributed by atoms with Crippen LogP contribution in [0.1, 0.15) is 33.1 Å². The number of rotatable bonds is 4. The highest BCUT2D eigenvalue weighted by Gasteiger charge is 2.28. The highest BCUT2D eigenvalue weighted by atomic mass is 16.5. The van der Waals surface area contributed by atoms with Gasteiger partial charge in [-0.2, -0.15) is 0 Å². The Balaban J connectivity index is 2.51. The van der Waals surface area contributed by atoms with Crippen LogP contribution in [0.15, 0.2) is 12.0 Å². The van der Waals surface area contributed by atoms with E-state index in [1.54, 1.807) is 0 Å². The van der Waals surface area contributed by atoms with Gasteiger partial charge in [-0.1, -0.05) is 13.3 Å². The third-order valence-corrected chi connectivity index (χ3v) is 1.96. The average Bonchev–Trinajstić information content (AvgIpc) is 2.41. The van der Waals surface area contributed by atoms with Gasteiger partial charge in [0.05, 0.1) is 0 Å². The molecular weight excluding hydrogens is 182 g/mol. The Labute approximate surface area is 83.3 Å². The van der Waals surface area contributed by atoms with Crippen LogP contribution in [0.3, 0.4) is 0 Å². The lowest BCUT2D eigenvalue weighted by molar-refractivity contribution is -0.123. The number of unbranched alkanes of at least 4 members (excludes halogenated alkanes) is 1. The summed E-state index contributed by atoms with van der Waals surface area (Å²) in [4.78, 5) is 22.0. The molecule has 78 valence electrons. The first kappa shape index (κ1) is 10.8. The molecule has 1 atom stereocenters. The number of ether oxygens (including phenoxy) is 1. The predicted molar refractivity (Wildman–Crippen MR) is 51.3 cm³/mol. The van der Waals surface area contributed by atoms with Crippen molar-refractivity contribution in [3.05, 3.63) is 12.0 Å². The molecule has 1 amide bonds. The Morgan fingerprint density at radius 3 is 2.93 bits per heavy atom. The van der Waals surface area contributed by atoms with Crippen molar-refractivity contribution in [2.24, 2.45) is 0 Å². The van der Waals surface area contributed by atoms with E-state index in [4.69, 9.17) is 4.74 Å². The summed E-state index contributed by atoms with van der Waals surface area (Å²) < 4.78 is 5.27. The van der Waals surface area contributed by atoms with Crippen LogP contribution >= 0.6 is 0 Å². The van der Waals surface area contributed by atoms with Crippen LogP contribution < -0.4 is 5.32 Å². The molecule has 1 rings (SSSR count). The fourth-order valence-electron chi connectivity index (χ4n) is 1.27. The van der Waals surface area contributed by atoms with Gasteiger partial charge in [-0.3, -0.25) is 14.9 Å². The second kappa shape index (κ2) is 4.79. The van der Waals surface area contributed by atoms with E-state index < -0.39 is 6.10 Å². The molecule has 1 heterocycles. The maximum atomic E-state index is 11.3. The Morgan fingerprint density at radius 2 is 2.36 bits per heavy atom. The third-order valence-electron chi connectivity index (χ3n) is 1.96. The Bertz CT molecular complexity index is 271. The first-order valence-electron chi connectivity index (χ1n) is 4.83. The van der Waals surface area contributed by atoms with E-state index in [-0.39, 0.29) is 17.6 Å². The molecule has 1 N–H and O–H groups in total. The zero-order valence-electron chi connectivity index (χ0n) is 8.50. The largest absolute Gasteiger partial charge is 0.465 e. The van der Waals surface area contributed by atoms with Crippen LogP contribution in [0.2, 0.25) is 0 Å². The lowest BCUT2D eigenvalue weighted by Crippen LogP contribution is -2.22. The van der Waals surface area contributed by atoms with Crippen molar-refractivity contribution in [3.63, 3.8) is 0 Å². The fourth-order valence-corrected chi connectivity index (χ4v) is 1.27. The van der Waals surface area contributed by atoms with E-state index in [1.807, 2.05) is 0 Å². The summed E-state index contributed by atoms with van der Waals surface area (Å²) in [7, 11) is 0.